The molecule has 0 aliphatic carbocycles. The van der Waals surface area contributed by atoms with Crippen molar-refractivity contribution in [3.05, 3.63) is 53.9 Å². The molecule has 3 aromatic rings. The average molecular weight is 379 g/mol. The molecule has 1 saturated heterocycles. The maximum absolute atomic E-state index is 12.5. The number of benzene rings is 2. The molecule has 0 unspecified atom stereocenters. The Hall–Kier alpha value is -3.35. The van der Waals surface area contributed by atoms with Crippen LogP contribution in [-0.4, -0.2) is 36.8 Å². The zero-order chi connectivity index (χ0) is 19.7. The van der Waals surface area contributed by atoms with Gasteiger partial charge in [-0.15, -0.1) is 0 Å². The second-order valence-corrected chi connectivity index (χ2v) is 6.80. The standard InChI is InChI=1S/C21H21N3O4/c1-13-4-6-16(7-5-13)24-12-15(10-19(24)25)20-22-21(28-23-20)14-8-17(26-2)11-18(9-14)27-3/h4-9,11,15H,10,12H2,1-3H3/t15-/m1/s1. The molecule has 144 valence electrons. The van der Waals surface area contributed by atoms with E-state index in [4.69, 9.17) is 14.0 Å². The van der Waals surface area contributed by atoms with Crippen molar-refractivity contribution in [2.75, 3.05) is 25.7 Å². The van der Waals surface area contributed by atoms with Gasteiger partial charge in [0.15, 0.2) is 5.82 Å². The minimum atomic E-state index is -0.112. The largest absolute Gasteiger partial charge is 0.497 e. The molecule has 1 aliphatic heterocycles. The number of anilines is 1. The predicted octanol–water partition coefficient (Wildman–Crippen LogP) is 3.58. The molecule has 0 radical (unpaired) electrons. The number of nitrogens with zero attached hydrogens (tertiary/aromatic N) is 3. The normalized spacial score (nSPS) is 16.5. The number of methoxy groups -OCH3 is 2. The average Bonchev–Trinajstić information content (AvgIpc) is 3.35. The first-order valence-electron chi connectivity index (χ1n) is 9.01. The SMILES string of the molecule is COc1cc(OC)cc(-c2nc([C@@H]3CC(=O)N(c4ccc(C)cc4)C3)no2)c1. The number of amides is 1. The van der Waals surface area contributed by atoms with Gasteiger partial charge in [0.1, 0.15) is 11.5 Å². The van der Waals surface area contributed by atoms with Crippen LogP contribution >= 0.6 is 0 Å². The van der Waals surface area contributed by atoms with Crippen molar-refractivity contribution in [2.45, 2.75) is 19.3 Å². The molecule has 1 aliphatic rings. The Balaban J connectivity index is 1.57. The third-order valence-corrected chi connectivity index (χ3v) is 4.88. The van der Waals surface area contributed by atoms with Crippen LogP contribution in [0.3, 0.4) is 0 Å². The summed E-state index contributed by atoms with van der Waals surface area (Å²) in [4.78, 5) is 18.8. The lowest BCUT2D eigenvalue weighted by Crippen LogP contribution is -2.24. The first-order valence-corrected chi connectivity index (χ1v) is 9.01. The Morgan fingerprint density at radius 3 is 2.39 bits per heavy atom. The van der Waals surface area contributed by atoms with Gasteiger partial charge in [-0.2, -0.15) is 4.98 Å². The number of hydrogen-bond donors (Lipinski definition) is 0. The van der Waals surface area contributed by atoms with Crippen LogP contribution in [0.25, 0.3) is 11.5 Å². The monoisotopic (exact) mass is 379 g/mol. The van der Waals surface area contributed by atoms with Gasteiger partial charge in [-0.25, -0.2) is 0 Å². The molecule has 1 fully saturated rings. The molecule has 0 spiro atoms. The lowest BCUT2D eigenvalue weighted by atomic mass is 10.1. The lowest BCUT2D eigenvalue weighted by molar-refractivity contribution is -0.117. The van der Waals surface area contributed by atoms with Gasteiger partial charge >= 0.3 is 0 Å². The number of hydrogen-bond acceptors (Lipinski definition) is 6. The van der Waals surface area contributed by atoms with Gasteiger partial charge in [0.25, 0.3) is 5.89 Å². The van der Waals surface area contributed by atoms with Gasteiger partial charge in [-0.1, -0.05) is 22.9 Å². The number of carbonyl (C=O) groups excluding carboxylic acids is 1. The van der Waals surface area contributed by atoms with Gasteiger partial charge in [-0.05, 0) is 31.2 Å². The van der Waals surface area contributed by atoms with Crippen molar-refractivity contribution >= 4 is 11.6 Å². The maximum Gasteiger partial charge on any atom is 0.258 e. The predicted molar refractivity (Wildman–Crippen MR) is 104 cm³/mol. The van der Waals surface area contributed by atoms with Crippen LogP contribution in [0.1, 0.15) is 23.7 Å². The zero-order valence-electron chi connectivity index (χ0n) is 16.0. The van der Waals surface area contributed by atoms with Gasteiger partial charge < -0.3 is 18.9 Å². The molecular formula is C21H21N3O4. The van der Waals surface area contributed by atoms with E-state index in [1.807, 2.05) is 31.2 Å². The van der Waals surface area contributed by atoms with Crippen molar-refractivity contribution in [1.82, 2.24) is 10.1 Å². The van der Waals surface area contributed by atoms with Crippen molar-refractivity contribution in [3.8, 4) is 23.0 Å². The van der Waals surface area contributed by atoms with Gasteiger partial charge in [0, 0.05) is 36.2 Å². The first kappa shape index (κ1) is 18.0. The Morgan fingerprint density at radius 1 is 1.07 bits per heavy atom. The molecular weight excluding hydrogens is 358 g/mol. The Kier molecular flexibility index (Phi) is 4.73. The van der Waals surface area contributed by atoms with Crippen molar-refractivity contribution in [3.63, 3.8) is 0 Å². The van der Waals surface area contributed by atoms with E-state index >= 15 is 0 Å². The first-order chi connectivity index (χ1) is 13.6. The summed E-state index contributed by atoms with van der Waals surface area (Å²) in [5, 5.41) is 4.12. The molecule has 1 amide bonds. The Morgan fingerprint density at radius 2 is 1.75 bits per heavy atom. The van der Waals surface area contributed by atoms with Crippen LogP contribution in [0.2, 0.25) is 0 Å². The fourth-order valence-electron chi connectivity index (χ4n) is 3.30. The molecule has 4 rings (SSSR count). The van der Waals surface area contributed by atoms with E-state index in [0.717, 1.165) is 11.3 Å². The minimum absolute atomic E-state index is 0.0586. The molecule has 2 heterocycles. The second kappa shape index (κ2) is 7.34. The number of carbonyl (C=O) groups is 1. The summed E-state index contributed by atoms with van der Waals surface area (Å²) in [5.74, 6) is 2.11. The highest BCUT2D eigenvalue weighted by atomic mass is 16.5. The van der Waals surface area contributed by atoms with Crippen LogP contribution in [-0.2, 0) is 4.79 Å². The molecule has 2 aromatic carbocycles. The summed E-state index contributed by atoms with van der Waals surface area (Å²) >= 11 is 0. The smallest absolute Gasteiger partial charge is 0.258 e. The summed E-state index contributed by atoms with van der Waals surface area (Å²) in [6.45, 7) is 2.55. The van der Waals surface area contributed by atoms with Crippen LogP contribution < -0.4 is 14.4 Å². The van der Waals surface area contributed by atoms with Gasteiger partial charge in [-0.3, -0.25) is 4.79 Å². The minimum Gasteiger partial charge on any atom is -0.497 e. The highest BCUT2D eigenvalue weighted by molar-refractivity contribution is 5.96. The third kappa shape index (κ3) is 3.43. The number of aryl methyl sites for hydroxylation is 1. The van der Waals surface area contributed by atoms with E-state index in [0.29, 0.717) is 41.7 Å². The van der Waals surface area contributed by atoms with E-state index in [2.05, 4.69) is 10.1 Å². The molecule has 0 bridgehead atoms. The van der Waals surface area contributed by atoms with E-state index in [-0.39, 0.29) is 11.8 Å². The van der Waals surface area contributed by atoms with E-state index in [1.165, 1.54) is 0 Å². The molecule has 1 atom stereocenters. The quantitative estimate of drug-likeness (QED) is 0.674. The molecule has 7 heteroatoms. The molecule has 1 aromatic heterocycles. The number of rotatable bonds is 5. The van der Waals surface area contributed by atoms with E-state index in [1.54, 1.807) is 37.3 Å². The van der Waals surface area contributed by atoms with Gasteiger partial charge in [0.05, 0.1) is 14.2 Å². The Bertz CT molecular complexity index is 975. The van der Waals surface area contributed by atoms with Crippen molar-refractivity contribution in [2.24, 2.45) is 0 Å². The van der Waals surface area contributed by atoms with Crippen LogP contribution in [0.15, 0.2) is 47.0 Å². The summed E-state index contributed by atoms with van der Waals surface area (Å²) in [7, 11) is 3.17. The fourth-order valence-corrected chi connectivity index (χ4v) is 3.30. The third-order valence-electron chi connectivity index (χ3n) is 4.88. The topological polar surface area (TPSA) is 77.7 Å². The van der Waals surface area contributed by atoms with Crippen LogP contribution in [0.4, 0.5) is 5.69 Å². The van der Waals surface area contributed by atoms with E-state index in [9.17, 15) is 4.79 Å². The Labute approximate surface area is 162 Å². The summed E-state index contributed by atoms with van der Waals surface area (Å²) in [6.07, 6.45) is 0.355. The highest BCUT2D eigenvalue weighted by Crippen LogP contribution is 2.33. The number of ether oxygens (including phenoxy) is 2. The summed E-state index contributed by atoms with van der Waals surface area (Å²) < 4.78 is 16.0. The van der Waals surface area contributed by atoms with E-state index < -0.39 is 0 Å². The number of aromatic nitrogens is 2. The lowest BCUT2D eigenvalue weighted by Gasteiger charge is -2.16. The second-order valence-electron chi connectivity index (χ2n) is 6.80. The maximum atomic E-state index is 12.5. The van der Waals surface area contributed by atoms with Crippen LogP contribution in [0, 0.1) is 6.92 Å². The molecule has 28 heavy (non-hydrogen) atoms. The summed E-state index contributed by atoms with van der Waals surface area (Å²) in [6, 6.07) is 13.3. The summed E-state index contributed by atoms with van der Waals surface area (Å²) in [5.41, 5.74) is 2.75. The molecule has 7 nitrogen and oxygen atoms in total. The van der Waals surface area contributed by atoms with Crippen molar-refractivity contribution < 1.29 is 18.8 Å². The molecule has 0 N–H and O–H groups in total. The fraction of sp³-hybridized carbons (Fsp3) is 0.286. The van der Waals surface area contributed by atoms with Crippen molar-refractivity contribution in [1.29, 1.82) is 0 Å². The van der Waals surface area contributed by atoms with Gasteiger partial charge in [0.2, 0.25) is 5.91 Å². The zero-order valence-corrected chi connectivity index (χ0v) is 16.0. The highest BCUT2D eigenvalue weighted by Gasteiger charge is 2.34. The van der Waals surface area contributed by atoms with Crippen LogP contribution in [0.5, 0.6) is 11.5 Å². The molecule has 0 saturated carbocycles.